The van der Waals surface area contributed by atoms with Crippen molar-refractivity contribution in [3.8, 4) is 17.2 Å². The molecule has 4 rings (SSSR count). The number of methoxy groups -OCH3 is 2. The first-order chi connectivity index (χ1) is 13.9. The van der Waals surface area contributed by atoms with Crippen molar-refractivity contribution in [1.82, 2.24) is 4.57 Å². The highest BCUT2D eigenvalue weighted by molar-refractivity contribution is 6.31. The zero-order valence-corrected chi connectivity index (χ0v) is 16.5. The minimum Gasteiger partial charge on any atom is -0.493 e. The van der Waals surface area contributed by atoms with E-state index in [0.717, 1.165) is 0 Å². The number of ether oxygens (including phenoxy) is 2. The first kappa shape index (κ1) is 18.7. The van der Waals surface area contributed by atoms with Crippen molar-refractivity contribution in [3.05, 3.63) is 76.1 Å². The first-order valence-electron chi connectivity index (χ1n) is 9.07. The van der Waals surface area contributed by atoms with Gasteiger partial charge in [-0.1, -0.05) is 24.3 Å². The third kappa shape index (κ3) is 2.60. The van der Waals surface area contributed by atoms with Crippen molar-refractivity contribution < 1.29 is 23.9 Å². The molecule has 0 fully saturated rings. The summed E-state index contributed by atoms with van der Waals surface area (Å²) in [6, 6.07) is 11.9. The number of nitrogens with zero attached hydrogens (tertiary/aromatic N) is 1. The van der Waals surface area contributed by atoms with Gasteiger partial charge in [0.25, 0.3) is 0 Å². The van der Waals surface area contributed by atoms with E-state index < -0.39 is 0 Å². The van der Waals surface area contributed by atoms with Crippen molar-refractivity contribution >= 4 is 17.3 Å². The first-order valence-corrected chi connectivity index (χ1v) is 9.07. The highest BCUT2D eigenvalue weighted by Gasteiger charge is 2.38. The Morgan fingerprint density at radius 1 is 0.897 bits per heavy atom. The zero-order valence-electron chi connectivity index (χ0n) is 16.5. The Bertz CT molecular complexity index is 1200. The Morgan fingerprint density at radius 2 is 1.52 bits per heavy atom. The lowest BCUT2D eigenvalue weighted by atomic mass is 9.85. The smallest absolute Gasteiger partial charge is 0.211 e. The van der Waals surface area contributed by atoms with Gasteiger partial charge in [0.15, 0.2) is 23.1 Å². The van der Waals surface area contributed by atoms with E-state index in [1.807, 2.05) is 0 Å². The molecule has 6 heteroatoms. The minimum atomic E-state index is -0.317. The summed E-state index contributed by atoms with van der Waals surface area (Å²) in [5, 5.41) is 0. The number of rotatable bonds is 4. The van der Waals surface area contributed by atoms with Crippen molar-refractivity contribution in [2.75, 3.05) is 14.2 Å². The van der Waals surface area contributed by atoms with Crippen LogP contribution in [0.15, 0.2) is 42.5 Å². The van der Waals surface area contributed by atoms with E-state index in [9.17, 15) is 14.4 Å². The van der Waals surface area contributed by atoms with Gasteiger partial charge in [0.2, 0.25) is 5.78 Å². The van der Waals surface area contributed by atoms with Gasteiger partial charge in [0, 0.05) is 28.6 Å². The van der Waals surface area contributed by atoms with Crippen molar-refractivity contribution in [1.29, 1.82) is 0 Å². The van der Waals surface area contributed by atoms with Gasteiger partial charge in [-0.2, -0.15) is 0 Å². The summed E-state index contributed by atoms with van der Waals surface area (Å²) in [5.74, 6) is 0.141. The van der Waals surface area contributed by atoms with Crippen LogP contribution in [-0.2, 0) is 0 Å². The molecule has 0 bridgehead atoms. The molecule has 3 aromatic rings. The summed E-state index contributed by atoms with van der Waals surface area (Å²) in [6.07, 6.45) is 0. The molecule has 0 saturated carbocycles. The SMILES string of the molecule is COc1ccc(-n2c(C)c(C(C)=O)c3c2C(=O)c2ccccc2C3=O)cc1OC. The number of benzene rings is 2. The number of hydrogen-bond donors (Lipinski definition) is 0. The average Bonchev–Trinajstić information content (AvgIpc) is 3.05. The number of carbonyl (C=O) groups is 3. The van der Waals surface area contributed by atoms with Crippen LogP contribution in [0.5, 0.6) is 11.5 Å². The molecule has 0 atom stereocenters. The molecular weight excluding hydrogens is 370 g/mol. The van der Waals surface area contributed by atoms with Gasteiger partial charge >= 0.3 is 0 Å². The Labute approximate surface area is 167 Å². The van der Waals surface area contributed by atoms with Gasteiger partial charge in [-0.15, -0.1) is 0 Å². The molecule has 1 aliphatic rings. The molecule has 1 aromatic heterocycles. The van der Waals surface area contributed by atoms with Gasteiger partial charge in [0.05, 0.1) is 25.3 Å². The molecule has 0 unspecified atom stereocenters. The fourth-order valence-electron chi connectivity index (χ4n) is 3.99. The maximum atomic E-state index is 13.4. The Balaban J connectivity index is 2.07. The Kier molecular flexibility index (Phi) is 4.34. The second kappa shape index (κ2) is 6.74. The van der Waals surface area contributed by atoms with Gasteiger partial charge in [0.1, 0.15) is 5.69 Å². The molecule has 0 saturated heterocycles. The largest absolute Gasteiger partial charge is 0.493 e. The van der Waals surface area contributed by atoms with Crippen molar-refractivity contribution in [3.63, 3.8) is 0 Å². The number of hydrogen-bond acceptors (Lipinski definition) is 5. The third-order valence-electron chi connectivity index (χ3n) is 5.24. The van der Waals surface area contributed by atoms with E-state index in [-0.39, 0.29) is 34.2 Å². The lowest BCUT2D eigenvalue weighted by molar-refractivity contribution is 0.0967. The van der Waals surface area contributed by atoms with Crippen LogP contribution < -0.4 is 9.47 Å². The quantitative estimate of drug-likeness (QED) is 0.497. The summed E-state index contributed by atoms with van der Waals surface area (Å²) < 4.78 is 12.3. The van der Waals surface area contributed by atoms with E-state index in [1.54, 1.807) is 54.0 Å². The molecule has 0 aliphatic heterocycles. The normalized spacial score (nSPS) is 12.4. The fraction of sp³-hybridized carbons (Fsp3) is 0.174. The van der Waals surface area contributed by atoms with E-state index >= 15 is 0 Å². The summed E-state index contributed by atoms with van der Waals surface area (Å²) in [6.45, 7) is 3.14. The second-order valence-corrected chi connectivity index (χ2v) is 6.82. The molecule has 2 aromatic carbocycles. The molecule has 0 N–H and O–H groups in total. The maximum absolute atomic E-state index is 13.4. The number of carbonyl (C=O) groups excluding carboxylic acids is 3. The Hall–Kier alpha value is -3.67. The lowest BCUT2D eigenvalue weighted by Gasteiger charge is -2.18. The summed E-state index contributed by atoms with van der Waals surface area (Å²) >= 11 is 0. The molecule has 146 valence electrons. The lowest BCUT2D eigenvalue weighted by Crippen LogP contribution is -2.23. The molecule has 29 heavy (non-hydrogen) atoms. The summed E-state index contributed by atoms with van der Waals surface area (Å²) in [5.41, 5.74) is 2.41. The molecular formula is C23H19NO5. The molecule has 0 amide bonds. The monoisotopic (exact) mass is 389 g/mol. The number of ketones is 3. The second-order valence-electron chi connectivity index (χ2n) is 6.82. The number of fused-ring (bicyclic) bond motifs is 2. The van der Waals surface area contributed by atoms with E-state index in [1.165, 1.54) is 21.1 Å². The van der Waals surface area contributed by atoms with Gasteiger partial charge in [-0.25, -0.2) is 0 Å². The van der Waals surface area contributed by atoms with E-state index in [0.29, 0.717) is 34.0 Å². The third-order valence-corrected chi connectivity index (χ3v) is 5.24. The summed E-state index contributed by atoms with van der Waals surface area (Å²) in [4.78, 5) is 39.1. The van der Waals surface area contributed by atoms with Gasteiger partial charge in [-0.3, -0.25) is 14.4 Å². The maximum Gasteiger partial charge on any atom is 0.211 e. The zero-order chi connectivity index (χ0) is 20.9. The summed E-state index contributed by atoms with van der Waals surface area (Å²) in [7, 11) is 3.05. The fourth-order valence-corrected chi connectivity index (χ4v) is 3.99. The highest BCUT2D eigenvalue weighted by Crippen LogP contribution is 2.37. The van der Waals surface area contributed by atoms with Gasteiger partial charge in [-0.05, 0) is 26.0 Å². The highest BCUT2D eigenvalue weighted by atomic mass is 16.5. The standard InChI is InChI=1S/C23H19NO5/c1-12-19(13(2)25)20-21(23(27)16-8-6-5-7-15(16)22(20)26)24(12)14-9-10-17(28-3)18(11-14)29-4/h5-11H,1-4H3. The van der Waals surface area contributed by atoms with E-state index in [2.05, 4.69) is 0 Å². The average molecular weight is 389 g/mol. The topological polar surface area (TPSA) is 74.6 Å². The molecule has 0 spiro atoms. The van der Waals surface area contributed by atoms with Crippen LogP contribution in [0.3, 0.4) is 0 Å². The van der Waals surface area contributed by atoms with Crippen LogP contribution in [0.25, 0.3) is 5.69 Å². The Morgan fingerprint density at radius 3 is 2.10 bits per heavy atom. The van der Waals surface area contributed by atoms with Crippen molar-refractivity contribution in [2.45, 2.75) is 13.8 Å². The number of Topliss-reactive ketones (excluding diaryl/α,β-unsaturated/α-hetero) is 1. The molecule has 1 aliphatic carbocycles. The van der Waals surface area contributed by atoms with Gasteiger partial charge < -0.3 is 14.0 Å². The van der Waals surface area contributed by atoms with Crippen LogP contribution in [0.4, 0.5) is 0 Å². The molecule has 1 heterocycles. The van der Waals surface area contributed by atoms with E-state index in [4.69, 9.17) is 9.47 Å². The molecule has 6 nitrogen and oxygen atoms in total. The van der Waals surface area contributed by atoms with Crippen LogP contribution in [0, 0.1) is 6.92 Å². The van der Waals surface area contributed by atoms with Crippen LogP contribution in [0.2, 0.25) is 0 Å². The minimum absolute atomic E-state index is 0.161. The predicted octanol–water partition coefficient (Wildman–Crippen LogP) is 3.78. The van der Waals surface area contributed by atoms with Crippen LogP contribution in [-0.4, -0.2) is 36.1 Å². The molecule has 0 radical (unpaired) electrons. The van der Waals surface area contributed by atoms with Crippen molar-refractivity contribution in [2.24, 2.45) is 0 Å². The van der Waals surface area contributed by atoms with Crippen LogP contribution in [0.1, 0.15) is 54.9 Å². The predicted molar refractivity (Wildman–Crippen MR) is 107 cm³/mol. The number of aromatic nitrogens is 1. The van der Waals surface area contributed by atoms with Crippen LogP contribution >= 0.6 is 0 Å².